The molecule has 1 saturated heterocycles. The molecular formula is C19H24NO2+. The van der Waals surface area contributed by atoms with Crippen molar-refractivity contribution < 1.29 is 14.0 Å². The Hall–Kier alpha value is -1.84. The Bertz CT molecular complexity index is 622. The Morgan fingerprint density at radius 3 is 2.14 bits per heavy atom. The molecule has 3 rings (SSSR count). The minimum atomic E-state index is 0.0334. The lowest BCUT2D eigenvalue weighted by molar-refractivity contribution is -0.940. The lowest BCUT2D eigenvalue weighted by Crippen LogP contribution is -2.45. The number of nitrogens with zero attached hydrogens (tertiary/aromatic N) is 1. The lowest BCUT2D eigenvalue weighted by atomic mass is 10.0. The van der Waals surface area contributed by atoms with Crippen LogP contribution in [0.3, 0.4) is 0 Å². The Balaban J connectivity index is 1.92. The lowest BCUT2D eigenvalue weighted by Gasteiger charge is -2.34. The SMILES string of the molecule is COc1ccc([C@@H]2O[C@H](c3ccccc3)[C@H](C)[N+]2(C)C)cc1. The van der Waals surface area contributed by atoms with Gasteiger partial charge in [-0.3, -0.25) is 4.48 Å². The standard InChI is InChI=1S/C19H24NO2/c1-14-18(15-8-6-5-7-9-15)22-19(20(14,2)3)16-10-12-17(21-4)13-11-16/h5-14,18-19H,1-4H3/q+1/t14-,18-,19-/m0/s1. The monoisotopic (exact) mass is 298 g/mol. The van der Waals surface area contributed by atoms with Crippen molar-refractivity contribution in [2.24, 2.45) is 0 Å². The molecule has 0 amide bonds. The molecule has 3 heteroatoms. The molecule has 1 aliphatic rings. The summed E-state index contributed by atoms with van der Waals surface area (Å²) >= 11 is 0. The Morgan fingerprint density at radius 2 is 1.55 bits per heavy atom. The number of hydrogen-bond acceptors (Lipinski definition) is 2. The molecule has 1 aliphatic heterocycles. The van der Waals surface area contributed by atoms with E-state index < -0.39 is 0 Å². The summed E-state index contributed by atoms with van der Waals surface area (Å²) in [7, 11) is 6.17. The second-order valence-electron chi connectivity index (χ2n) is 6.46. The van der Waals surface area contributed by atoms with E-state index in [1.54, 1.807) is 7.11 Å². The van der Waals surface area contributed by atoms with Gasteiger partial charge in [0.15, 0.2) is 0 Å². The molecule has 1 fully saturated rings. The average Bonchev–Trinajstić information content (AvgIpc) is 2.79. The highest BCUT2D eigenvalue weighted by Crippen LogP contribution is 2.45. The van der Waals surface area contributed by atoms with Gasteiger partial charge in [0.2, 0.25) is 6.23 Å². The molecule has 2 aromatic rings. The minimum Gasteiger partial charge on any atom is -0.497 e. The Kier molecular flexibility index (Phi) is 3.94. The third-order valence-electron chi connectivity index (χ3n) is 4.90. The first-order valence-corrected chi connectivity index (χ1v) is 7.71. The third kappa shape index (κ3) is 2.51. The van der Waals surface area contributed by atoms with E-state index in [0.29, 0.717) is 6.04 Å². The summed E-state index contributed by atoms with van der Waals surface area (Å²) < 4.78 is 12.5. The van der Waals surface area contributed by atoms with Gasteiger partial charge in [-0.15, -0.1) is 0 Å². The average molecular weight is 298 g/mol. The van der Waals surface area contributed by atoms with Gasteiger partial charge in [-0.1, -0.05) is 30.3 Å². The number of methoxy groups -OCH3 is 1. The Labute approximate surface area is 132 Å². The van der Waals surface area contributed by atoms with E-state index in [1.165, 1.54) is 11.1 Å². The first-order valence-electron chi connectivity index (χ1n) is 7.71. The smallest absolute Gasteiger partial charge is 0.220 e. The van der Waals surface area contributed by atoms with E-state index in [1.807, 2.05) is 18.2 Å². The van der Waals surface area contributed by atoms with E-state index in [0.717, 1.165) is 10.2 Å². The molecular weight excluding hydrogens is 274 g/mol. The van der Waals surface area contributed by atoms with Crippen molar-refractivity contribution in [1.82, 2.24) is 0 Å². The largest absolute Gasteiger partial charge is 0.497 e. The molecule has 0 N–H and O–H groups in total. The molecule has 1 heterocycles. The number of rotatable bonds is 3. The summed E-state index contributed by atoms with van der Waals surface area (Å²) in [5.41, 5.74) is 2.44. The zero-order valence-corrected chi connectivity index (χ0v) is 13.7. The van der Waals surface area contributed by atoms with E-state index in [4.69, 9.17) is 9.47 Å². The molecule has 0 radical (unpaired) electrons. The maximum absolute atomic E-state index is 6.47. The van der Waals surface area contributed by atoms with Crippen LogP contribution in [0.5, 0.6) is 5.75 Å². The summed E-state index contributed by atoms with van der Waals surface area (Å²) in [5.74, 6) is 0.875. The molecule has 2 aromatic carbocycles. The van der Waals surface area contributed by atoms with E-state index in [-0.39, 0.29) is 12.3 Å². The van der Waals surface area contributed by atoms with Crippen LogP contribution in [0, 0.1) is 0 Å². The summed E-state index contributed by atoms with van der Waals surface area (Å²) in [4.78, 5) is 0. The summed E-state index contributed by atoms with van der Waals surface area (Å²) in [5, 5.41) is 0. The number of hydrogen-bond donors (Lipinski definition) is 0. The van der Waals surface area contributed by atoms with Gasteiger partial charge in [0.05, 0.1) is 21.2 Å². The molecule has 0 aliphatic carbocycles. The summed E-state index contributed by atoms with van der Waals surface area (Å²) in [6.45, 7) is 2.27. The van der Waals surface area contributed by atoms with E-state index in [2.05, 4.69) is 57.4 Å². The quantitative estimate of drug-likeness (QED) is 0.799. The van der Waals surface area contributed by atoms with Crippen LogP contribution in [0.25, 0.3) is 0 Å². The van der Waals surface area contributed by atoms with Gasteiger partial charge in [-0.05, 0) is 36.8 Å². The fourth-order valence-corrected chi connectivity index (χ4v) is 3.20. The van der Waals surface area contributed by atoms with Crippen molar-refractivity contribution in [1.29, 1.82) is 0 Å². The molecule has 0 spiro atoms. The van der Waals surface area contributed by atoms with Gasteiger partial charge >= 0.3 is 0 Å². The molecule has 3 nitrogen and oxygen atoms in total. The highest BCUT2D eigenvalue weighted by Gasteiger charge is 2.49. The van der Waals surface area contributed by atoms with E-state index in [9.17, 15) is 0 Å². The van der Waals surface area contributed by atoms with Crippen molar-refractivity contribution >= 4 is 0 Å². The fourth-order valence-electron chi connectivity index (χ4n) is 3.20. The molecule has 22 heavy (non-hydrogen) atoms. The van der Waals surface area contributed by atoms with Crippen molar-refractivity contribution in [2.45, 2.75) is 25.3 Å². The van der Waals surface area contributed by atoms with Gasteiger partial charge in [-0.25, -0.2) is 0 Å². The van der Waals surface area contributed by atoms with Crippen LogP contribution in [0.1, 0.15) is 30.4 Å². The number of likely N-dealkylation sites (N-methyl/N-ethyl adjacent to an activating group) is 1. The maximum Gasteiger partial charge on any atom is 0.220 e. The third-order valence-corrected chi connectivity index (χ3v) is 4.90. The zero-order chi connectivity index (χ0) is 15.7. The van der Waals surface area contributed by atoms with Crippen LogP contribution in [-0.2, 0) is 4.74 Å². The van der Waals surface area contributed by atoms with Gasteiger partial charge in [0, 0.05) is 5.56 Å². The first-order chi connectivity index (χ1) is 10.5. The number of benzene rings is 2. The predicted octanol–water partition coefficient (Wildman–Crippen LogP) is 3.93. The molecule has 116 valence electrons. The summed E-state index contributed by atoms with van der Waals surface area (Å²) in [6.07, 6.45) is 0.148. The van der Waals surface area contributed by atoms with Crippen LogP contribution >= 0.6 is 0 Å². The summed E-state index contributed by atoms with van der Waals surface area (Å²) in [6, 6.07) is 19.1. The van der Waals surface area contributed by atoms with Crippen LogP contribution in [0.4, 0.5) is 0 Å². The zero-order valence-electron chi connectivity index (χ0n) is 13.7. The first kappa shape index (κ1) is 15.1. The van der Waals surface area contributed by atoms with Crippen molar-refractivity contribution in [3.8, 4) is 5.75 Å². The number of quaternary nitrogens is 1. The Morgan fingerprint density at radius 1 is 0.909 bits per heavy atom. The topological polar surface area (TPSA) is 18.5 Å². The highest BCUT2D eigenvalue weighted by atomic mass is 16.5. The van der Waals surface area contributed by atoms with Crippen molar-refractivity contribution in [3.63, 3.8) is 0 Å². The maximum atomic E-state index is 6.47. The van der Waals surface area contributed by atoms with Gasteiger partial charge < -0.3 is 9.47 Å². The van der Waals surface area contributed by atoms with Crippen LogP contribution in [-0.4, -0.2) is 31.7 Å². The van der Waals surface area contributed by atoms with Crippen LogP contribution < -0.4 is 4.74 Å². The van der Waals surface area contributed by atoms with Crippen molar-refractivity contribution in [2.75, 3.05) is 21.2 Å². The predicted molar refractivity (Wildman–Crippen MR) is 87.6 cm³/mol. The molecule has 0 bridgehead atoms. The van der Waals surface area contributed by atoms with Crippen molar-refractivity contribution in [3.05, 3.63) is 65.7 Å². The number of ether oxygens (including phenoxy) is 2. The second-order valence-corrected chi connectivity index (χ2v) is 6.46. The fraction of sp³-hybridized carbons (Fsp3) is 0.368. The minimum absolute atomic E-state index is 0.0334. The normalized spacial score (nSPS) is 26.8. The molecule has 3 atom stereocenters. The van der Waals surface area contributed by atoms with E-state index >= 15 is 0 Å². The molecule has 0 aromatic heterocycles. The van der Waals surface area contributed by atoms with Crippen LogP contribution in [0.2, 0.25) is 0 Å². The molecule has 0 unspecified atom stereocenters. The van der Waals surface area contributed by atoms with Gasteiger partial charge in [-0.2, -0.15) is 0 Å². The van der Waals surface area contributed by atoms with Gasteiger partial charge in [0.25, 0.3) is 0 Å². The molecule has 0 saturated carbocycles. The second kappa shape index (κ2) is 5.75. The van der Waals surface area contributed by atoms with Crippen LogP contribution in [0.15, 0.2) is 54.6 Å². The highest BCUT2D eigenvalue weighted by molar-refractivity contribution is 5.28. The van der Waals surface area contributed by atoms with Gasteiger partial charge in [0.1, 0.15) is 17.9 Å².